The molecule has 1 saturated heterocycles. The Kier molecular flexibility index (Phi) is 3.13. The molecule has 1 aromatic rings. The molecule has 0 bridgehead atoms. The highest BCUT2D eigenvalue weighted by atomic mass is 16.7. The lowest BCUT2D eigenvalue weighted by Gasteiger charge is -2.08. The minimum Gasteiger partial charge on any atom is -0.468 e. The highest BCUT2D eigenvalue weighted by molar-refractivity contribution is 6.08. The van der Waals surface area contributed by atoms with Crippen molar-refractivity contribution >= 4 is 18.0 Å². The lowest BCUT2D eigenvalue weighted by atomic mass is 9.98. The van der Waals surface area contributed by atoms with E-state index in [1.54, 1.807) is 24.3 Å². The Balaban J connectivity index is 1.98. The van der Waals surface area contributed by atoms with Gasteiger partial charge < -0.3 is 19.5 Å². The standard InChI is InChI=1S/C15H13NO5/c1-8-13(15(18)19-2)10(14(17)16-8)5-9-3-4-11-12(6-9)21-7-20-11/h3-6,13H,1,7H2,2H3,(H,16,17). The predicted molar refractivity (Wildman–Crippen MR) is 73.3 cm³/mol. The molecular weight excluding hydrogens is 274 g/mol. The van der Waals surface area contributed by atoms with Gasteiger partial charge in [-0.05, 0) is 23.8 Å². The maximum Gasteiger partial charge on any atom is 0.319 e. The second kappa shape index (κ2) is 4.97. The molecule has 1 fully saturated rings. The van der Waals surface area contributed by atoms with Crippen molar-refractivity contribution in [1.82, 2.24) is 5.32 Å². The van der Waals surface area contributed by atoms with E-state index in [4.69, 9.17) is 14.2 Å². The highest BCUT2D eigenvalue weighted by Crippen LogP contribution is 2.34. The third-order valence-electron chi connectivity index (χ3n) is 3.35. The first kappa shape index (κ1) is 13.2. The van der Waals surface area contributed by atoms with Crippen LogP contribution in [0.1, 0.15) is 5.56 Å². The number of amides is 1. The Morgan fingerprint density at radius 1 is 1.43 bits per heavy atom. The predicted octanol–water partition coefficient (Wildman–Crippen LogP) is 1.23. The number of ether oxygens (including phenoxy) is 3. The molecule has 2 aliphatic rings. The Morgan fingerprint density at radius 2 is 2.19 bits per heavy atom. The number of benzene rings is 1. The quantitative estimate of drug-likeness (QED) is 0.654. The minimum absolute atomic E-state index is 0.178. The maximum absolute atomic E-state index is 11.9. The van der Waals surface area contributed by atoms with Crippen molar-refractivity contribution in [1.29, 1.82) is 0 Å². The average molecular weight is 287 g/mol. The molecule has 1 aromatic carbocycles. The summed E-state index contributed by atoms with van der Waals surface area (Å²) in [6, 6.07) is 5.28. The van der Waals surface area contributed by atoms with E-state index in [0.717, 1.165) is 5.56 Å². The number of esters is 1. The van der Waals surface area contributed by atoms with Gasteiger partial charge in [-0.3, -0.25) is 9.59 Å². The van der Waals surface area contributed by atoms with Crippen LogP contribution in [0.5, 0.6) is 11.5 Å². The molecule has 21 heavy (non-hydrogen) atoms. The first-order valence-electron chi connectivity index (χ1n) is 6.29. The summed E-state index contributed by atoms with van der Waals surface area (Å²) in [6.07, 6.45) is 1.62. The van der Waals surface area contributed by atoms with Gasteiger partial charge in [-0.25, -0.2) is 0 Å². The first-order valence-corrected chi connectivity index (χ1v) is 6.29. The van der Waals surface area contributed by atoms with Crippen LogP contribution in [0, 0.1) is 5.92 Å². The summed E-state index contributed by atoms with van der Waals surface area (Å²) in [4.78, 5) is 23.7. The first-order chi connectivity index (χ1) is 10.1. The van der Waals surface area contributed by atoms with Gasteiger partial charge in [0.25, 0.3) is 5.91 Å². The Bertz CT molecular complexity index is 677. The second-order valence-corrected chi connectivity index (χ2v) is 4.65. The van der Waals surface area contributed by atoms with Gasteiger partial charge in [0.2, 0.25) is 6.79 Å². The molecule has 0 spiro atoms. The molecule has 0 aromatic heterocycles. The molecule has 108 valence electrons. The zero-order chi connectivity index (χ0) is 15.0. The third kappa shape index (κ3) is 2.24. The molecule has 0 saturated carbocycles. The zero-order valence-corrected chi connectivity index (χ0v) is 11.3. The van der Waals surface area contributed by atoms with Crippen LogP contribution in [-0.2, 0) is 14.3 Å². The smallest absolute Gasteiger partial charge is 0.319 e. The van der Waals surface area contributed by atoms with Crippen LogP contribution in [0.3, 0.4) is 0 Å². The number of carbonyl (C=O) groups excluding carboxylic acids is 2. The van der Waals surface area contributed by atoms with Crippen molar-refractivity contribution in [2.75, 3.05) is 13.9 Å². The van der Waals surface area contributed by atoms with Crippen LogP contribution < -0.4 is 14.8 Å². The molecule has 1 amide bonds. The van der Waals surface area contributed by atoms with Gasteiger partial charge in [0.05, 0.1) is 7.11 Å². The van der Waals surface area contributed by atoms with Crippen molar-refractivity contribution < 1.29 is 23.8 Å². The van der Waals surface area contributed by atoms with Crippen LogP contribution in [0.15, 0.2) is 36.0 Å². The van der Waals surface area contributed by atoms with Crippen LogP contribution in [0.2, 0.25) is 0 Å². The van der Waals surface area contributed by atoms with Crippen molar-refractivity contribution in [3.63, 3.8) is 0 Å². The van der Waals surface area contributed by atoms with Gasteiger partial charge in [-0.1, -0.05) is 12.6 Å². The van der Waals surface area contributed by atoms with E-state index in [-0.39, 0.29) is 12.7 Å². The molecule has 6 heteroatoms. The minimum atomic E-state index is -0.798. The SMILES string of the molecule is C=C1NC(=O)C(=Cc2ccc3c(c2)OCO3)C1C(=O)OC. The van der Waals surface area contributed by atoms with Gasteiger partial charge >= 0.3 is 5.97 Å². The zero-order valence-electron chi connectivity index (χ0n) is 11.3. The largest absolute Gasteiger partial charge is 0.468 e. The number of rotatable bonds is 2. The number of hydrogen-bond acceptors (Lipinski definition) is 5. The summed E-state index contributed by atoms with van der Waals surface area (Å²) >= 11 is 0. The van der Waals surface area contributed by atoms with Crippen molar-refractivity contribution in [3.05, 3.63) is 41.6 Å². The summed E-state index contributed by atoms with van der Waals surface area (Å²) < 4.78 is 15.2. The number of carbonyl (C=O) groups is 2. The van der Waals surface area contributed by atoms with E-state index in [9.17, 15) is 9.59 Å². The van der Waals surface area contributed by atoms with Crippen molar-refractivity contribution in [2.45, 2.75) is 0 Å². The normalized spacial score (nSPS) is 21.6. The van der Waals surface area contributed by atoms with Gasteiger partial charge in [-0.15, -0.1) is 0 Å². The number of methoxy groups -OCH3 is 1. The molecule has 1 N–H and O–H groups in total. The van der Waals surface area contributed by atoms with E-state index in [2.05, 4.69) is 11.9 Å². The fraction of sp³-hybridized carbons (Fsp3) is 0.200. The summed E-state index contributed by atoms with van der Waals surface area (Å²) in [7, 11) is 1.27. The molecule has 0 aliphatic carbocycles. The van der Waals surface area contributed by atoms with E-state index in [1.165, 1.54) is 7.11 Å². The number of hydrogen-bond donors (Lipinski definition) is 1. The molecule has 6 nitrogen and oxygen atoms in total. The van der Waals surface area contributed by atoms with Crippen LogP contribution in [-0.4, -0.2) is 25.8 Å². The van der Waals surface area contributed by atoms with Crippen LogP contribution >= 0.6 is 0 Å². The van der Waals surface area contributed by atoms with Crippen LogP contribution in [0.25, 0.3) is 6.08 Å². The van der Waals surface area contributed by atoms with Crippen molar-refractivity contribution in [2.24, 2.45) is 5.92 Å². The Labute approximate surface area is 121 Å². The Morgan fingerprint density at radius 3 is 2.95 bits per heavy atom. The fourth-order valence-corrected chi connectivity index (χ4v) is 2.33. The monoisotopic (exact) mass is 287 g/mol. The van der Waals surface area contributed by atoms with Crippen molar-refractivity contribution in [3.8, 4) is 11.5 Å². The second-order valence-electron chi connectivity index (χ2n) is 4.65. The summed E-state index contributed by atoms with van der Waals surface area (Å²) in [5, 5.41) is 2.55. The van der Waals surface area contributed by atoms with E-state index in [0.29, 0.717) is 22.8 Å². The van der Waals surface area contributed by atoms with Gasteiger partial charge in [-0.2, -0.15) is 0 Å². The Hall–Kier alpha value is -2.76. The van der Waals surface area contributed by atoms with E-state index < -0.39 is 11.9 Å². The third-order valence-corrected chi connectivity index (χ3v) is 3.35. The molecule has 2 heterocycles. The summed E-state index contributed by atoms with van der Waals surface area (Å²) in [6.45, 7) is 3.86. The molecule has 1 unspecified atom stereocenters. The number of nitrogens with one attached hydrogen (secondary N) is 1. The van der Waals surface area contributed by atoms with E-state index >= 15 is 0 Å². The van der Waals surface area contributed by atoms with E-state index in [1.807, 2.05) is 0 Å². The van der Waals surface area contributed by atoms with Crippen LogP contribution in [0.4, 0.5) is 0 Å². The van der Waals surface area contributed by atoms with Gasteiger partial charge in [0.15, 0.2) is 11.5 Å². The molecular formula is C15H13NO5. The summed E-state index contributed by atoms with van der Waals surface area (Å²) in [5.41, 5.74) is 1.34. The van der Waals surface area contributed by atoms with Gasteiger partial charge in [0.1, 0.15) is 5.92 Å². The van der Waals surface area contributed by atoms with Gasteiger partial charge in [0, 0.05) is 11.3 Å². The lowest BCUT2D eigenvalue weighted by molar-refractivity contribution is -0.142. The average Bonchev–Trinajstić information content (AvgIpc) is 3.03. The molecule has 2 aliphatic heterocycles. The molecule has 3 rings (SSSR count). The number of fused-ring (bicyclic) bond motifs is 1. The fourth-order valence-electron chi connectivity index (χ4n) is 2.33. The summed E-state index contributed by atoms with van der Waals surface area (Å²) in [5.74, 6) is -0.413. The highest BCUT2D eigenvalue weighted by Gasteiger charge is 2.38. The maximum atomic E-state index is 11.9. The lowest BCUT2D eigenvalue weighted by Crippen LogP contribution is -2.17. The molecule has 0 radical (unpaired) electrons. The topological polar surface area (TPSA) is 73.9 Å². The molecule has 1 atom stereocenters.